The van der Waals surface area contributed by atoms with Gasteiger partial charge in [0.05, 0.1) is 0 Å². The van der Waals surface area contributed by atoms with Crippen LogP contribution >= 0.6 is 0 Å². The summed E-state index contributed by atoms with van der Waals surface area (Å²) in [5.41, 5.74) is 1.46. The van der Waals surface area contributed by atoms with Crippen molar-refractivity contribution in [2.75, 3.05) is 0 Å². The van der Waals surface area contributed by atoms with E-state index in [1.807, 2.05) is 6.08 Å². The molecule has 0 spiro atoms. The van der Waals surface area contributed by atoms with Gasteiger partial charge >= 0.3 is 0 Å². The Morgan fingerprint density at radius 1 is 1.24 bits per heavy atom. The fourth-order valence-corrected chi connectivity index (χ4v) is 6.73. The number of carbonyl (C=O) groups is 2. The van der Waals surface area contributed by atoms with E-state index in [1.54, 1.807) is 6.92 Å². The molecule has 6 atom stereocenters. The quantitative estimate of drug-likeness (QED) is 0.763. The van der Waals surface area contributed by atoms with E-state index in [4.69, 9.17) is 4.74 Å². The molecule has 4 aliphatic carbocycles. The molecule has 1 saturated heterocycles. The summed E-state index contributed by atoms with van der Waals surface area (Å²) in [5, 5.41) is 0. The van der Waals surface area contributed by atoms with Crippen molar-refractivity contribution in [1.29, 1.82) is 0 Å². The molecule has 3 fully saturated rings. The lowest BCUT2D eigenvalue weighted by Crippen LogP contribution is -2.51. The standard InChI is InChI=1S/C22H28O3/c1-13(23)3-2-9-22-10-8-17-16-7-5-15(24)11-14(16)4-6-18(17)21(22)19-12-20(19)25-22/h11-12,16-19,21H,2-10H2,1H3/t16?,17?,18?,19-,21?,22?/m0/s1. The first-order valence-corrected chi connectivity index (χ1v) is 10.2. The maximum atomic E-state index is 11.8. The fraction of sp³-hybridized carbons (Fsp3) is 0.727. The Hall–Kier alpha value is -1.38. The summed E-state index contributed by atoms with van der Waals surface area (Å²) in [6, 6.07) is 0. The van der Waals surface area contributed by atoms with Gasteiger partial charge in [0.15, 0.2) is 5.78 Å². The predicted molar refractivity (Wildman–Crippen MR) is 94.7 cm³/mol. The maximum Gasteiger partial charge on any atom is 0.155 e. The Bertz CT molecular complexity index is 687. The Balaban J connectivity index is 1.38. The van der Waals surface area contributed by atoms with Gasteiger partial charge in [-0.1, -0.05) is 5.57 Å². The first kappa shape index (κ1) is 15.8. The first-order chi connectivity index (χ1) is 12.1. The van der Waals surface area contributed by atoms with Crippen LogP contribution in [0.5, 0.6) is 0 Å². The molecule has 25 heavy (non-hydrogen) atoms. The minimum absolute atomic E-state index is 0.0110. The number of Topliss-reactive ketones (excluding diaryl/α,β-unsaturated/α-hetero) is 1. The van der Waals surface area contributed by atoms with Crippen LogP contribution in [0.2, 0.25) is 0 Å². The lowest BCUT2D eigenvalue weighted by Gasteiger charge is -2.53. The van der Waals surface area contributed by atoms with Crippen LogP contribution in [0.15, 0.2) is 23.5 Å². The second kappa shape index (κ2) is 5.56. The number of carbonyl (C=O) groups excluding carboxylic acids is 2. The summed E-state index contributed by atoms with van der Waals surface area (Å²) < 4.78 is 6.49. The molecule has 2 saturated carbocycles. The lowest BCUT2D eigenvalue weighted by molar-refractivity contribution is -0.119. The van der Waals surface area contributed by atoms with Crippen molar-refractivity contribution >= 4 is 11.6 Å². The summed E-state index contributed by atoms with van der Waals surface area (Å²) in [6.07, 6.45) is 13.5. The van der Waals surface area contributed by atoms with Crippen LogP contribution < -0.4 is 0 Å². The van der Waals surface area contributed by atoms with Crippen LogP contribution in [0.25, 0.3) is 0 Å². The molecule has 0 aromatic heterocycles. The molecule has 0 aromatic carbocycles. The molecule has 1 heterocycles. The number of rotatable bonds is 4. The molecule has 1 aliphatic heterocycles. The van der Waals surface area contributed by atoms with Crippen LogP contribution in [0.4, 0.5) is 0 Å². The number of fused-ring (bicyclic) bond motifs is 7. The van der Waals surface area contributed by atoms with Crippen molar-refractivity contribution in [2.45, 2.75) is 70.3 Å². The van der Waals surface area contributed by atoms with Crippen LogP contribution in [-0.2, 0) is 14.3 Å². The monoisotopic (exact) mass is 340 g/mol. The minimum Gasteiger partial charge on any atom is -0.491 e. The molecule has 5 rings (SSSR count). The molecule has 3 heteroatoms. The van der Waals surface area contributed by atoms with Gasteiger partial charge in [0.25, 0.3) is 0 Å². The normalized spacial score (nSPS) is 43.7. The molecule has 0 amide bonds. The highest BCUT2D eigenvalue weighted by molar-refractivity contribution is 5.91. The Kier molecular flexibility index (Phi) is 3.52. The molecule has 134 valence electrons. The van der Waals surface area contributed by atoms with Crippen molar-refractivity contribution < 1.29 is 14.3 Å². The highest BCUT2D eigenvalue weighted by Crippen LogP contribution is 2.66. The van der Waals surface area contributed by atoms with Gasteiger partial charge < -0.3 is 9.53 Å². The van der Waals surface area contributed by atoms with Gasteiger partial charge in [-0.2, -0.15) is 0 Å². The van der Waals surface area contributed by atoms with Crippen molar-refractivity contribution in [1.82, 2.24) is 0 Å². The van der Waals surface area contributed by atoms with Gasteiger partial charge in [0.2, 0.25) is 0 Å². The lowest BCUT2D eigenvalue weighted by atomic mass is 9.53. The molecule has 0 aromatic rings. The van der Waals surface area contributed by atoms with Crippen molar-refractivity contribution in [3.05, 3.63) is 23.5 Å². The second-order valence-corrected chi connectivity index (χ2v) is 9.08. The Morgan fingerprint density at radius 2 is 2.12 bits per heavy atom. The van der Waals surface area contributed by atoms with E-state index in [-0.39, 0.29) is 5.60 Å². The van der Waals surface area contributed by atoms with Gasteiger partial charge in [-0.05, 0) is 81.8 Å². The van der Waals surface area contributed by atoms with E-state index in [0.29, 0.717) is 35.7 Å². The second-order valence-electron chi connectivity index (χ2n) is 9.08. The van der Waals surface area contributed by atoms with Crippen molar-refractivity contribution in [2.24, 2.45) is 29.6 Å². The molecule has 0 N–H and O–H groups in total. The van der Waals surface area contributed by atoms with E-state index in [0.717, 1.165) is 50.4 Å². The summed E-state index contributed by atoms with van der Waals surface area (Å²) in [6.45, 7) is 1.70. The molecule has 3 nitrogen and oxygen atoms in total. The average Bonchev–Trinajstić information content (AvgIpc) is 3.24. The molecule has 5 unspecified atom stereocenters. The van der Waals surface area contributed by atoms with E-state index >= 15 is 0 Å². The zero-order chi connectivity index (χ0) is 17.2. The zero-order valence-corrected chi connectivity index (χ0v) is 15.1. The third kappa shape index (κ3) is 2.45. The predicted octanol–water partition coefficient (Wildman–Crippen LogP) is 4.37. The SMILES string of the molecule is CC(=O)CCCC12CCC3C4CCC(=O)C=C4CCC3C1[C@H]1C=C1O2. The minimum atomic E-state index is 0.0110. The van der Waals surface area contributed by atoms with Crippen LogP contribution in [0.3, 0.4) is 0 Å². The molecule has 0 bridgehead atoms. The smallest absolute Gasteiger partial charge is 0.155 e. The van der Waals surface area contributed by atoms with E-state index < -0.39 is 0 Å². The number of allylic oxidation sites excluding steroid dienone is 4. The summed E-state index contributed by atoms with van der Waals surface area (Å²) in [5.74, 6) is 5.23. The highest BCUT2D eigenvalue weighted by atomic mass is 16.5. The van der Waals surface area contributed by atoms with Crippen LogP contribution in [0, 0.1) is 29.6 Å². The van der Waals surface area contributed by atoms with Gasteiger partial charge in [-0.15, -0.1) is 0 Å². The van der Waals surface area contributed by atoms with E-state index in [9.17, 15) is 9.59 Å². The number of hydrogen-bond acceptors (Lipinski definition) is 3. The fourth-order valence-electron chi connectivity index (χ4n) is 6.73. The Morgan fingerprint density at radius 3 is 2.96 bits per heavy atom. The molecular formula is C22H28O3. The summed E-state index contributed by atoms with van der Waals surface area (Å²) in [7, 11) is 0. The molecular weight excluding hydrogens is 312 g/mol. The average molecular weight is 340 g/mol. The van der Waals surface area contributed by atoms with Gasteiger partial charge in [0, 0.05) is 24.7 Å². The largest absolute Gasteiger partial charge is 0.491 e. The van der Waals surface area contributed by atoms with Gasteiger partial charge in [0.1, 0.15) is 17.1 Å². The zero-order valence-electron chi connectivity index (χ0n) is 15.1. The van der Waals surface area contributed by atoms with Gasteiger partial charge in [-0.3, -0.25) is 4.79 Å². The third-order valence-electron chi connectivity index (χ3n) is 7.73. The third-order valence-corrected chi connectivity index (χ3v) is 7.73. The van der Waals surface area contributed by atoms with Crippen LogP contribution in [-0.4, -0.2) is 17.2 Å². The summed E-state index contributed by atoms with van der Waals surface area (Å²) >= 11 is 0. The molecule has 0 radical (unpaired) electrons. The number of ketones is 2. The Labute approximate surface area is 149 Å². The molecule has 5 aliphatic rings. The highest BCUT2D eigenvalue weighted by Gasteiger charge is 2.64. The van der Waals surface area contributed by atoms with Crippen molar-refractivity contribution in [3.63, 3.8) is 0 Å². The van der Waals surface area contributed by atoms with Gasteiger partial charge in [-0.25, -0.2) is 0 Å². The van der Waals surface area contributed by atoms with E-state index in [2.05, 4.69) is 6.08 Å². The summed E-state index contributed by atoms with van der Waals surface area (Å²) in [4.78, 5) is 23.2. The van der Waals surface area contributed by atoms with Crippen LogP contribution in [0.1, 0.15) is 64.7 Å². The number of hydrogen-bond donors (Lipinski definition) is 0. The maximum absolute atomic E-state index is 11.8. The number of ether oxygens (including phenoxy) is 1. The van der Waals surface area contributed by atoms with Crippen molar-refractivity contribution in [3.8, 4) is 0 Å². The first-order valence-electron chi connectivity index (χ1n) is 10.2. The topological polar surface area (TPSA) is 43.4 Å². The van der Waals surface area contributed by atoms with E-state index in [1.165, 1.54) is 24.2 Å².